The van der Waals surface area contributed by atoms with Gasteiger partial charge in [0.15, 0.2) is 23.0 Å². The number of carbonyl (C=O) groups is 2. The second kappa shape index (κ2) is 10.3. The van der Waals surface area contributed by atoms with Gasteiger partial charge < -0.3 is 33.9 Å². The molecule has 9 heteroatoms. The van der Waals surface area contributed by atoms with Crippen LogP contribution in [-0.2, 0) is 9.59 Å². The fraction of sp³-hybridized carbons (Fsp3) is 0.385. The number of aliphatic hydroxyl groups excluding tert-OH is 1. The maximum Gasteiger partial charge on any atom is 0.295 e. The SMILES string of the molecule is COc1ccc([C@@H]2C(=C(O)c3ccc4c(c3)OCCO4)C(=O)C(=O)N2CCCN(C)C)cc1OC. The fourth-order valence-corrected chi connectivity index (χ4v) is 4.38. The molecular weight excluding hydrogens is 452 g/mol. The number of ether oxygens (including phenoxy) is 4. The Bertz CT molecular complexity index is 1160. The third-order valence-corrected chi connectivity index (χ3v) is 6.08. The van der Waals surface area contributed by atoms with Crippen LogP contribution in [0, 0.1) is 0 Å². The zero-order valence-corrected chi connectivity index (χ0v) is 20.4. The van der Waals surface area contributed by atoms with Crippen molar-refractivity contribution in [1.82, 2.24) is 9.80 Å². The summed E-state index contributed by atoms with van der Waals surface area (Å²) in [6.45, 7) is 1.91. The molecule has 0 bridgehead atoms. The second-order valence-electron chi connectivity index (χ2n) is 8.62. The molecule has 0 aromatic heterocycles. The van der Waals surface area contributed by atoms with Crippen LogP contribution < -0.4 is 18.9 Å². The van der Waals surface area contributed by atoms with Gasteiger partial charge in [0.25, 0.3) is 11.7 Å². The van der Waals surface area contributed by atoms with Crippen LogP contribution in [-0.4, -0.2) is 81.2 Å². The van der Waals surface area contributed by atoms with Gasteiger partial charge in [-0.15, -0.1) is 0 Å². The number of carbonyl (C=O) groups excluding carboxylic acids is 2. The van der Waals surface area contributed by atoms with Crippen LogP contribution in [0.1, 0.15) is 23.6 Å². The molecular formula is C26H30N2O7. The van der Waals surface area contributed by atoms with Crippen molar-refractivity contribution in [2.45, 2.75) is 12.5 Å². The number of amides is 1. The summed E-state index contributed by atoms with van der Waals surface area (Å²) in [5, 5.41) is 11.3. The maximum absolute atomic E-state index is 13.2. The summed E-state index contributed by atoms with van der Waals surface area (Å²) in [6.07, 6.45) is 0.661. The van der Waals surface area contributed by atoms with Crippen molar-refractivity contribution in [3.05, 3.63) is 53.1 Å². The number of ketones is 1. The van der Waals surface area contributed by atoms with E-state index in [-0.39, 0.29) is 11.3 Å². The summed E-state index contributed by atoms with van der Waals surface area (Å²) in [5.74, 6) is 0.368. The topological polar surface area (TPSA) is 97.8 Å². The molecule has 1 N–H and O–H groups in total. The molecule has 0 spiro atoms. The van der Waals surface area contributed by atoms with Crippen molar-refractivity contribution in [2.24, 2.45) is 0 Å². The molecule has 2 aromatic rings. The molecule has 186 valence electrons. The number of methoxy groups -OCH3 is 2. The van der Waals surface area contributed by atoms with Gasteiger partial charge in [0.05, 0.1) is 25.8 Å². The lowest BCUT2D eigenvalue weighted by Crippen LogP contribution is -2.32. The molecule has 2 aliphatic rings. The van der Waals surface area contributed by atoms with E-state index in [1.54, 1.807) is 36.4 Å². The van der Waals surface area contributed by atoms with Crippen LogP contribution in [0.2, 0.25) is 0 Å². The highest BCUT2D eigenvalue weighted by Crippen LogP contribution is 2.43. The first-order valence-electron chi connectivity index (χ1n) is 11.4. The molecule has 1 atom stereocenters. The minimum absolute atomic E-state index is 0.0174. The van der Waals surface area contributed by atoms with Crippen molar-refractivity contribution in [3.63, 3.8) is 0 Å². The molecule has 1 fully saturated rings. The number of rotatable bonds is 8. The number of aliphatic hydroxyl groups is 1. The smallest absolute Gasteiger partial charge is 0.295 e. The van der Waals surface area contributed by atoms with Gasteiger partial charge in [0.1, 0.15) is 19.0 Å². The number of likely N-dealkylation sites (tertiary alicyclic amines) is 1. The molecule has 9 nitrogen and oxygen atoms in total. The Labute approximate surface area is 204 Å². The van der Waals surface area contributed by atoms with Gasteiger partial charge in [-0.1, -0.05) is 6.07 Å². The van der Waals surface area contributed by atoms with Gasteiger partial charge in [-0.25, -0.2) is 0 Å². The van der Waals surface area contributed by atoms with E-state index < -0.39 is 17.7 Å². The van der Waals surface area contributed by atoms with Crippen molar-refractivity contribution < 1.29 is 33.6 Å². The Morgan fingerprint density at radius 3 is 2.43 bits per heavy atom. The number of nitrogens with zero attached hydrogens (tertiary/aromatic N) is 2. The van der Waals surface area contributed by atoms with E-state index >= 15 is 0 Å². The van der Waals surface area contributed by atoms with E-state index in [0.29, 0.717) is 60.3 Å². The Morgan fingerprint density at radius 1 is 1.03 bits per heavy atom. The Kier molecular flexibility index (Phi) is 7.16. The van der Waals surface area contributed by atoms with Crippen molar-refractivity contribution >= 4 is 17.4 Å². The van der Waals surface area contributed by atoms with Crippen LogP contribution in [0.15, 0.2) is 42.0 Å². The van der Waals surface area contributed by atoms with Gasteiger partial charge in [-0.05, 0) is 63.0 Å². The minimum atomic E-state index is -0.787. The second-order valence-corrected chi connectivity index (χ2v) is 8.62. The summed E-state index contributed by atoms with van der Waals surface area (Å²) in [5.41, 5.74) is 1.01. The quantitative estimate of drug-likeness (QED) is 0.349. The Balaban J connectivity index is 1.82. The molecule has 2 heterocycles. The zero-order chi connectivity index (χ0) is 25.1. The van der Waals surface area contributed by atoms with Gasteiger partial charge in [-0.3, -0.25) is 9.59 Å². The van der Waals surface area contributed by atoms with Gasteiger partial charge in [0, 0.05) is 12.1 Å². The van der Waals surface area contributed by atoms with Crippen molar-refractivity contribution in [1.29, 1.82) is 0 Å². The molecule has 2 aromatic carbocycles. The average molecular weight is 483 g/mol. The highest BCUT2D eigenvalue weighted by atomic mass is 16.6. The molecule has 0 unspecified atom stereocenters. The van der Waals surface area contributed by atoms with Crippen molar-refractivity contribution in [2.75, 3.05) is 54.6 Å². The summed E-state index contributed by atoms with van der Waals surface area (Å²) < 4.78 is 22.0. The van der Waals surface area contributed by atoms with Gasteiger partial charge in [0.2, 0.25) is 0 Å². The van der Waals surface area contributed by atoms with E-state index in [0.717, 1.165) is 6.54 Å². The molecule has 35 heavy (non-hydrogen) atoms. The molecule has 1 saturated heterocycles. The third-order valence-electron chi connectivity index (χ3n) is 6.08. The molecule has 0 aliphatic carbocycles. The number of hydrogen-bond acceptors (Lipinski definition) is 8. The zero-order valence-electron chi connectivity index (χ0n) is 20.4. The lowest BCUT2D eigenvalue weighted by atomic mass is 9.94. The van der Waals surface area contributed by atoms with Gasteiger partial charge in [-0.2, -0.15) is 0 Å². The Hall–Kier alpha value is -3.72. The lowest BCUT2D eigenvalue weighted by Gasteiger charge is -2.26. The summed E-state index contributed by atoms with van der Waals surface area (Å²) >= 11 is 0. The van der Waals surface area contributed by atoms with Crippen LogP contribution in [0.5, 0.6) is 23.0 Å². The first-order chi connectivity index (χ1) is 16.8. The minimum Gasteiger partial charge on any atom is -0.507 e. The van der Waals surface area contributed by atoms with E-state index in [1.165, 1.54) is 19.1 Å². The number of hydrogen-bond donors (Lipinski definition) is 1. The van der Waals surface area contributed by atoms with Gasteiger partial charge >= 0.3 is 0 Å². The van der Waals surface area contributed by atoms with Crippen LogP contribution in [0.4, 0.5) is 0 Å². The standard InChI is InChI=1S/C26H30N2O7/c1-27(2)10-5-11-28-23(16-6-8-18(32-3)20(14-16)33-4)22(25(30)26(28)31)24(29)17-7-9-19-21(15-17)35-13-12-34-19/h6-9,14-15,23,29H,5,10-13H2,1-4H3/t23-/m1/s1. The Morgan fingerprint density at radius 2 is 1.74 bits per heavy atom. The highest BCUT2D eigenvalue weighted by molar-refractivity contribution is 6.46. The lowest BCUT2D eigenvalue weighted by molar-refractivity contribution is -0.139. The maximum atomic E-state index is 13.2. The van der Waals surface area contributed by atoms with Crippen LogP contribution >= 0.6 is 0 Å². The number of benzene rings is 2. The predicted molar refractivity (Wildman–Crippen MR) is 129 cm³/mol. The first kappa shape index (κ1) is 24.4. The monoisotopic (exact) mass is 482 g/mol. The van der Waals surface area contributed by atoms with E-state index in [2.05, 4.69) is 0 Å². The van der Waals surface area contributed by atoms with Crippen LogP contribution in [0.25, 0.3) is 5.76 Å². The summed E-state index contributed by atoms with van der Waals surface area (Å²) in [7, 11) is 6.95. The fourth-order valence-electron chi connectivity index (χ4n) is 4.38. The molecule has 0 radical (unpaired) electrons. The molecule has 2 aliphatic heterocycles. The summed E-state index contributed by atoms with van der Waals surface area (Å²) in [4.78, 5) is 29.9. The summed E-state index contributed by atoms with van der Waals surface area (Å²) in [6, 6.07) is 9.38. The number of fused-ring (bicyclic) bond motifs is 1. The predicted octanol–water partition coefficient (Wildman–Crippen LogP) is 2.85. The third kappa shape index (κ3) is 4.77. The van der Waals surface area contributed by atoms with E-state index in [9.17, 15) is 14.7 Å². The van der Waals surface area contributed by atoms with E-state index in [1.807, 2.05) is 19.0 Å². The van der Waals surface area contributed by atoms with Crippen LogP contribution in [0.3, 0.4) is 0 Å². The average Bonchev–Trinajstić information content (AvgIpc) is 3.12. The molecule has 0 saturated carbocycles. The normalized spacial score (nSPS) is 18.8. The molecule has 1 amide bonds. The number of Topliss-reactive ketones (excluding diaryl/α,β-unsaturated/α-hetero) is 1. The largest absolute Gasteiger partial charge is 0.507 e. The highest BCUT2D eigenvalue weighted by Gasteiger charge is 2.46. The van der Waals surface area contributed by atoms with E-state index in [4.69, 9.17) is 18.9 Å². The molecule has 4 rings (SSSR count). The van der Waals surface area contributed by atoms with Crippen molar-refractivity contribution in [3.8, 4) is 23.0 Å². The first-order valence-corrected chi connectivity index (χ1v) is 11.4.